The van der Waals surface area contributed by atoms with Crippen LogP contribution in [-0.2, 0) is 0 Å². The lowest BCUT2D eigenvalue weighted by Crippen LogP contribution is -2.25. The van der Waals surface area contributed by atoms with E-state index in [2.05, 4.69) is 15.3 Å². The molecule has 1 aromatic heterocycles. The molecule has 2 aromatic carbocycles. The van der Waals surface area contributed by atoms with Crippen molar-refractivity contribution in [2.24, 2.45) is 5.73 Å². The van der Waals surface area contributed by atoms with Crippen molar-refractivity contribution >= 4 is 16.7 Å². The highest BCUT2D eigenvalue weighted by atomic mass is 16.3. The molecule has 0 unspecified atom stereocenters. The van der Waals surface area contributed by atoms with Gasteiger partial charge >= 0.3 is 0 Å². The van der Waals surface area contributed by atoms with Crippen LogP contribution in [-0.4, -0.2) is 32.8 Å². The highest BCUT2D eigenvalue weighted by molar-refractivity contribution is 5.90. The topological polar surface area (TPSA) is 104 Å². The summed E-state index contributed by atoms with van der Waals surface area (Å²) in [7, 11) is 0. The Morgan fingerprint density at radius 3 is 2.65 bits per heavy atom. The number of para-hydroxylation sites is 1. The standard InChI is InChI=1S/C17H18N4O2/c1-10(18)9-19-16-12-4-2-3-5-14(12)20-17(21-16)13-7-6-11(22)8-15(13)23/h2-8,10,22-23H,9,18H2,1H3,(H,19,20,21)/t10-/m1/s1. The Kier molecular flexibility index (Phi) is 3.99. The first kappa shape index (κ1) is 15.1. The molecule has 0 spiro atoms. The first-order chi connectivity index (χ1) is 11.0. The molecular weight excluding hydrogens is 292 g/mol. The first-order valence-electron chi connectivity index (χ1n) is 7.33. The van der Waals surface area contributed by atoms with E-state index in [1.807, 2.05) is 31.2 Å². The van der Waals surface area contributed by atoms with E-state index >= 15 is 0 Å². The number of rotatable bonds is 4. The number of nitrogens with zero attached hydrogens (tertiary/aromatic N) is 2. The SMILES string of the molecule is C[C@@H](N)CNc1nc(-c2ccc(O)cc2O)nc2ccccc12. The fourth-order valence-electron chi connectivity index (χ4n) is 2.30. The van der Waals surface area contributed by atoms with Gasteiger partial charge in [-0.25, -0.2) is 9.97 Å². The zero-order valence-corrected chi connectivity index (χ0v) is 12.7. The molecule has 0 aliphatic heterocycles. The molecule has 0 aliphatic rings. The van der Waals surface area contributed by atoms with E-state index in [4.69, 9.17) is 5.73 Å². The van der Waals surface area contributed by atoms with Gasteiger partial charge in [-0.05, 0) is 31.2 Å². The van der Waals surface area contributed by atoms with Gasteiger partial charge in [-0.3, -0.25) is 0 Å². The Balaban J connectivity index is 2.14. The predicted molar refractivity (Wildman–Crippen MR) is 90.4 cm³/mol. The maximum atomic E-state index is 10.0. The molecule has 5 N–H and O–H groups in total. The summed E-state index contributed by atoms with van der Waals surface area (Å²) in [5.41, 5.74) is 7.02. The molecule has 6 heteroatoms. The number of phenols is 2. The zero-order valence-electron chi connectivity index (χ0n) is 12.7. The lowest BCUT2D eigenvalue weighted by atomic mass is 10.1. The molecule has 3 rings (SSSR count). The minimum absolute atomic E-state index is 0.0117. The number of nitrogens with two attached hydrogens (primary N) is 1. The number of nitrogens with one attached hydrogen (secondary N) is 1. The van der Waals surface area contributed by atoms with Crippen molar-refractivity contribution in [1.29, 1.82) is 0 Å². The Morgan fingerprint density at radius 1 is 1.13 bits per heavy atom. The van der Waals surface area contributed by atoms with Gasteiger partial charge < -0.3 is 21.3 Å². The van der Waals surface area contributed by atoms with Gasteiger partial charge in [-0.1, -0.05) is 12.1 Å². The predicted octanol–water partition coefficient (Wildman–Crippen LogP) is 2.47. The molecule has 1 heterocycles. The summed E-state index contributed by atoms with van der Waals surface area (Å²) in [5.74, 6) is 0.963. The van der Waals surface area contributed by atoms with Crippen LogP contribution in [0.5, 0.6) is 11.5 Å². The summed E-state index contributed by atoms with van der Waals surface area (Å²) in [6.07, 6.45) is 0. The third kappa shape index (κ3) is 3.17. The third-order valence-electron chi connectivity index (χ3n) is 3.42. The van der Waals surface area contributed by atoms with E-state index in [0.717, 1.165) is 10.9 Å². The first-order valence-corrected chi connectivity index (χ1v) is 7.33. The smallest absolute Gasteiger partial charge is 0.165 e. The lowest BCUT2D eigenvalue weighted by molar-refractivity contribution is 0.451. The Labute approximate surface area is 133 Å². The number of hydrogen-bond donors (Lipinski definition) is 4. The van der Waals surface area contributed by atoms with E-state index in [1.165, 1.54) is 12.1 Å². The summed E-state index contributed by atoms with van der Waals surface area (Å²) in [5, 5.41) is 23.6. The third-order valence-corrected chi connectivity index (χ3v) is 3.42. The van der Waals surface area contributed by atoms with E-state index in [-0.39, 0.29) is 17.5 Å². The van der Waals surface area contributed by atoms with Gasteiger partial charge in [0.25, 0.3) is 0 Å². The second-order valence-corrected chi connectivity index (χ2v) is 5.47. The van der Waals surface area contributed by atoms with E-state index in [1.54, 1.807) is 6.07 Å². The van der Waals surface area contributed by atoms with Crippen molar-refractivity contribution in [3.8, 4) is 22.9 Å². The van der Waals surface area contributed by atoms with Crippen LogP contribution in [0, 0.1) is 0 Å². The van der Waals surface area contributed by atoms with Gasteiger partial charge in [0, 0.05) is 24.0 Å². The number of phenolic OH excluding ortho intramolecular Hbond substituents is 2. The molecule has 0 radical (unpaired) electrons. The fourth-order valence-corrected chi connectivity index (χ4v) is 2.30. The Hall–Kier alpha value is -2.86. The van der Waals surface area contributed by atoms with Crippen LogP contribution in [0.15, 0.2) is 42.5 Å². The largest absolute Gasteiger partial charge is 0.508 e. The minimum Gasteiger partial charge on any atom is -0.508 e. The maximum absolute atomic E-state index is 10.0. The quantitative estimate of drug-likeness (QED) is 0.590. The second kappa shape index (κ2) is 6.10. The molecule has 0 fully saturated rings. The molecule has 0 saturated heterocycles. The van der Waals surface area contributed by atoms with Crippen LogP contribution >= 0.6 is 0 Å². The molecule has 0 amide bonds. The second-order valence-electron chi connectivity index (χ2n) is 5.47. The zero-order chi connectivity index (χ0) is 16.4. The molecule has 0 bridgehead atoms. The van der Waals surface area contributed by atoms with Crippen LogP contribution in [0.2, 0.25) is 0 Å². The molecule has 1 atom stereocenters. The van der Waals surface area contributed by atoms with E-state index in [0.29, 0.717) is 23.8 Å². The number of fused-ring (bicyclic) bond motifs is 1. The summed E-state index contributed by atoms with van der Waals surface area (Å²) in [4.78, 5) is 9.01. The summed E-state index contributed by atoms with van der Waals surface area (Å²) in [6, 6.07) is 11.9. The highest BCUT2D eigenvalue weighted by Crippen LogP contribution is 2.32. The average molecular weight is 310 g/mol. The van der Waals surface area contributed by atoms with Crippen molar-refractivity contribution in [2.75, 3.05) is 11.9 Å². The van der Waals surface area contributed by atoms with Gasteiger partial charge in [0.2, 0.25) is 0 Å². The summed E-state index contributed by atoms with van der Waals surface area (Å²) < 4.78 is 0. The molecule has 0 saturated carbocycles. The van der Waals surface area contributed by atoms with Crippen LogP contribution < -0.4 is 11.1 Å². The summed E-state index contributed by atoms with van der Waals surface area (Å²) >= 11 is 0. The molecule has 118 valence electrons. The average Bonchev–Trinajstić information content (AvgIpc) is 2.52. The fraction of sp³-hybridized carbons (Fsp3) is 0.176. The Morgan fingerprint density at radius 2 is 1.91 bits per heavy atom. The van der Waals surface area contributed by atoms with E-state index in [9.17, 15) is 10.2 Å². The van der Waals surface area contributed by atoms with Crippen LogP contribution in [0.3, 0.4) is 0 Å². The van der Waals surface area contributed by atoms with Gasteiger partial charge in [0.05, 0.1) is 11.1 Å². The monoisotopic (exact) mass is 310 g/mol. The molecule has 23 heavy (non-hydrogen) atoms. The molecule has 3 aromatic rings. The number of aromatic nitrogens is 2. The lowest BCUT2D eigenvalue weighted by Gasteiger charge is -2.13. The van der Waals surface area contributed by atoms with Crippen LogP contribution in [0.25, 0.3) is 22.3 Å². The van der Waals surface area contributed by atoms with Crippen molar-refractivity contribution < 1.29 is 10.2 Å². The van der Waals surface area contributed by atoms with Gasteiger partial charge in [0.15, 0.2) is 5.82 Å². The number of anilines is 1. The number of hydrogen-bond acceptors (Lipinski definition) is 6. The van der Waals surface area contributed by atoms with Gasteiger partial charge in [-0.2, -0.15) is 0 Å². The van der Waals surface area contributed by atoms with Crippen LogP contribution in [0.1, 0.15) is 6.92 Å². The van der Waals surface area contributed by atoms with Crippen molar-refractivity contribution in [3.63, 3.8) is 0 Å². The van der Waals surface area contributed by atoms with Crippen molar-refractivity contribution in [3.05, 3.63) is 42.5 Å². The molecule has 0 aliphatic carbocycles. The van der Waals surface area contributed by atoms with Gasteiger partial charge in [-0.15, -0.1) is 0 Å². The van der Waals surface area contributed by atoms with E-state index < -0.39 is 0 Å². The molecular formula is C17H18N4O2. The molecule has 6 nitrogen and oxygen atoms in total. The van der Waals surface area contributed by atoms with Crippen molar-refractivity contribution in [1.82, 2.24) is 9.97 Å². The Bertz CT molecular complexity index is 849. The highest BCUT2D eigenvalue weighted by Gasteiger charge is 2.13. The van der Waals surface area contributed by atoms with Crippen LogP contribution in [0.4, 0.5) is 5.82 Å². The maximum Gasteiger partial charge on any atom is 0.165 e. The number of benzene rings is 2. The van der Waals surface area contributed by atoms with Gasteiger partial charge in [0.1, 0.15) is 17.3 Å². The summed E-state index contributed by atoms with van der Waals surface area (Å²) in [6.45, 7) is 2.48. The normalized spacial score (nSPS) is 12.3. The minimum atomic E-state index is -0.0709. The number of aromatic hydroxyl groups is 2. The van der Waals surface area contributed by atoms with Crippen molar-refractivity contribution in [2.45, 2.75) is 13.0 Å².